The molecule has 27 heavy (non-hydrogen) atoms. The lowest BCUT2D eigenvalue weighted by atomic mass is 10.0. The molecule has 2 N–H and O–H groups in total. The molecule has 0 bridgehead atoms. The van der Waals surface area contributed by atoms with E-state index >= 15 is 0 Å². The molecule has 2 amide bonds. The number of thioether (sulfide) groups is 1. The standard InChI is InChI=1S/C21H24N2O3S/c1-14-7-8-17(15(2)11-14)22-20(24)12-27-13-21(25)23-18-9-10-26-19-6-4-3-5-16(18)19/h3-8,11,18H,9-10,12-13H2,1-2H3,(H,22,24)(H,23,25)/t18-/m0/s1. The minimum atomic E-state index is -0.101. The maximum Gasteiger partial charge on any atom is 0.234 e. The van der Waals surface area contributed by atoms with Crippen LogP contribution >= 0.6 is 11.8 Å². The molecule has 0 unspecified atom stereocenters. The molecule has 3 rings (SSSR count). The number of fused-ring (bicyclic) bond motifs is 1. The van der Waals surface area contributed by atoms with Crippen molar-refractivity contribution in [2.45, 2.75) is 26.3 Å². The third-order valence-electron chi connectivity index (χ3n) is 4.42. The van der Waals surface area contributed by atoms with Crippen molar-refractivity contribution in [3.63, 3.8) is 0 Å². The van der Waals surface area contributed by atoms with Crippen LogP contribution in [0, 0.1) is 13.8 Å². The minimum Gasteiger partial charge on any atom is -0.493 e. The van der Waals surface area contributed by atoms with Gasteiger partial charge in [-0.05, 0) is 31.5 Å². The highest BCUT2D eigenvalue weighted by molar-refractivity contribution is 8.00. The van der Waals surface area contributed by atoms with Gasteiger partial charge in [-0.15, -0.1) is 11.8 Å². The summed E-state index contributed by atoms with van der Waals surface area (Å²) in [6.45, 7) is 4.58. The maximum atomic E-state index is 12.2. The Bertz CT molecular complexity index is 838. The predicted molar refractivity (Wildman–Crippen MR) is 109 cm³/mol. The van der Waals surface area contributed by atoms with E-state index in [0.29, 0.717) is 6.61 Å². The summed E-state index contributed by atoms with van der Waals surface area (Å²) in [4.78, 5) is 24.4. The molecular weight excluding hydrogens is 360 g/mol. The van der Waals surface area contributed by atoms with Crippen molar-refractivity contribution in [3.8, 4) is 5.75 Å². The summed E-state index contributed by atoms with van der Waals surface area (Å²) in [7, 11) is 0. The van der Waals surface area contributed by atoms with Gasteiger partial charge in [-0.2, -0.15) is 0 Å². The summed E-state index contributed by atoms with van der Waals surface area (Å²) >= 11 is 1.31. The van der Waals surface area contributed by atoms with E-state index in [0.717, 1.165) is 34.5 Å². The average Bonchev–Trinajstić information content (AvgIpc) is 2.64. The number of nitrogens with one attached hydrogen (secondary N) is 2. The SMILES string of the molecule is Cc1ccc(NC(=O)CSCC(=O)N[C@H]2CCOc3ccccc32)c(C)c1. The smallest absolute Gasteiger partial charge is 0.234 e. The van der Waals surface area contributed by atoms with E-state index in [4.69, 9.17) is 4.74 Å². The summed E-state index contributed by atoms with van der Waals surface area (Å²) in [6.07, 6.45) is 0.751. The number of rotatable bonds is 6. The lowest BCUT2D eigenvalue weighted by molar-refractivity contribution is -0.119. The van der Waals surface area contributed by atoms with Crippen molar-refractivity contribution in [1.82, 2.24) is 5.32 Å². The molecule has 0 saturated heterocycles. The third kappa shape index (κ3) is 5.26. The molecule has 0 spiro atoms. The van der Waals surface area contributed by atoms with E-state index < -0.39 is 0 Å². The van der Waals surface area contributed by atoms with Crippen LogP contribution in [0.1, 0.15) is 29.2 Å². The Labute approximate surface area is 163 Å². The highest BCUT2D eigenvalue weighted by atomic mass is 32.2. The molecule has 0 fully saturated rings. The van der Waals surface area contributed by atoms with Crippen LogP contribution in [0.15, 0.2) is 42.5 Å². The quantitative estimate of drug-likeness (QED) is 0.798. The van der Waals surface area contributed by atoms with Gasteiger partial charge in [-0.25, -0.2) is 0 Å². The maximum absolute atomic E-state index is 12.2. The van der Waals surface area contributed by atoms with Gasteiger partial charge < -0.3 is 15.4 Å². The largest absolute Gasteiger partial charge is 0.493 e. The molecule has 1 heterocycles. The van der Waals surface area contributed by atoms with Crippen LogP contribution in [0.25, 0.3) is 0 Å². The second-order valence-corrected chi connectivity index (χ2v) is 7.64. The van der Waals surface area contributed by atoms with E-state index in [-0.39, 0.29) is 29.4 Å². The number of hydrogen-bond acceptors (Lipinski definition) is 4. The number of aryl methyl sites for hydroxylation is 2. The molecule has 2 aromatic carbocycles. The molecule has 0 aliphatic carbocycles. The number of benzene rings is 2. The Hall–Kier alpha value is -2.47. The summed E-state index contributed by atoms with van der Waals surface area (Å²) in [5, 5.41) is 5.94. The molecular formula is C21H24N2O3S. The van der Waals surface area contributed by atoms with Crippen molar-refractivity contribution in [2.75, 3.05) is 23.4 Å². The van der Waals surface area contributed by atoms with Crippen molar-refractivity contribution in [1.29, 1.82) is 0 Å². The minimum absolute atomic E-state index is 0.0351. The molecule has 5 nitrogen and oxygen atoms in total. The average molecular weight is 385 g/mol. The zero-order chi connectivity index (χ0) is 19.2. The van der Waals surface area contributed by atoms with Crippen molar-refractivity contribution >= 4 is 29.3 Å². The Kier molecular flexibility index (Phi) is 6.40. The fourth-order valence-electron chi connectivity index (χ4n) is 3.10. The fourth-order valence-corrected chi connectivity index (χ4v) is 3.73. The van der Waals surface area contributed by atoms with Crippen molar-refractivity contribution in [2.24, 2.45) is 0 Å². The molecule has 0 aromatic heterocycles. The van der Waals surface area contributed by atoms with E-state index in [1.807, 2.05) is 56.3 Å². The van der Waals surface area contributed by atoms with Crippen LogP contribution in [0.3, 0.4) is 0 Å². The van der Waals surface area contributed by atoms with Gasteiger partial charge in [0.1, 0.15) is 5.75 Å². The number of carbonyl (C=O) groups excluding carboxylic acids is 2. The number of carbonyl (C=O) groups is 2. The Morgan fingerprint density at radius 1 is 1.11 bits per heavy atom. The Morgan fingerprint density at radius 3 is 2.70 bits per heavy atom. The second-order valence-electron chi connectivity index (χ2n) is 6.65. The van der Waals surface area contributed by atoms with Gasteiger partial charge in [-0.1, -0.05) is 35.9 Å². The van der Waals surface area contributed by atoms with Gasteiger partial charge in [0.15, 0.2) is 0 Å². The van der Waals surface area contributed by atoms with Crippen LogP contribution in [0.5, 0.6) is 5.75 Å². The van der Waals surface area contributed by atoms with E-state index in [2.05, 4.69) is 10.6 Å². The zero-order valence-corrected chi connectivity index (χ0v) is 16.4. The van der Waals surface area contributed by atoms with Gasteiger partial charge in [0.2, 0.25) is 11.8 Å². The zero-order valence-electron chi connectivity index (χ0n) is 15.6. The van der Waals surface area contributed by atoms with E-state index in [1.54, 1.807) is 0 Å². The monoisotopic (exact) mass is 384 g/mol. The number of anilines is 1. The topological polar surface area (TPSA) is 67.4 Å². The third-order valence-corrected chi connectivity index (χ3v) is 5.35. The molecule has 0 radical (unpaired) electrons. The molecule has 2 aromatic rings. The van der Waals surface area contributed by atoms with Crippen molar-refractivity contribution < 1.29 is 14.3 Å². The summed E-state index contributed by atoms with van der Waals surface area (Å²) in [5.41, 5.74) is 4.01. The van der Waals surface area contributed by atoms with Crippen LogP contribution in [-0.4, -0.2) is 29.9 Å². The van der Waals surface area contributed by atoms with E-state index in [1.165, 1.54) is 11.8 Å². The van der Waals surface area contributed by atoms with Crippen LogP contribution in [0.2, 0.25) is 0 Å². The number of hydrogen-bond donors (Lipinski definition) is 2. The summed E-state index contributed by atoms with van der Waals surface area (Å²) in [5.74, 6) is 1.15. The van der Waals surface area contributed by atoms with Crippen LogP contribution in [-0.2, 0) is 9.59 Å². The van der Waals surface area contributed by atoms with E-state index in [9.17, 15) is 9.59 Å². The van der Waals surface area contributed by atoms with Gasteiger partial charge >= 0.3 is 0 Å². The highest BCUT2D eigenvalue weighted by Crippen LogP contribution is 2.31. The van der Waals surface area contributed by atoms with Gasteiger partial charge in [-0.3, -0.25) is 9.59 Å². The molecule has 0 saturated carbocycles. The lowest BCUT2D eigenvalue weighted by Gasteiger charge is -2.26. The number of ether oxygens (including phenoxy) is 1. The van der Waals surface area contributed by atoms with Gasteiger partial charge in [0, 0.05) is 17.7 Å². The molecule has 1 atom stereocenters. The molecule has 6 heteroatoms. The first-order valence-electron chi connectivity index (χ1n) is 8.99. The molecule has 142 valence electrons. The number of para-hydroxylation sites is 1. The normalized spacial score (nSPS) is 15.4. The van der Waals surface area contributed by atoms with Crippen LogP contribution in [0.4, 0.5) is 5.69 Å². The Balaban J connectivity index is 1.44. The number of amides is 2. The van der Waals surface area contributed by atoms with Gasteiger partial charge in [0.05, 0.1) is 24.2 Å². The molecule has 1 aliphatic heterocycles. The Morgan fingerprint density at radius 2 is 1.89 bits per heavy atom. The second kappa shape index (κ2) is 8.95. The summed E-state index contributed by atoms with van der Waals surface area (Å²) in [6, 6.07) is 13.6. The van der Waals surface area contributed by atoms with Gasteiger partial charge in [0.25, 0.3) is 0 Å². The predicted octanol–water partition coefficient (Wildman–Crippen LogP) is 3.62. The molecule has 1 aliphatic rings. The first-order valence-corrected chi connectivity index (χ1v) is 10.1. The first kappa shape index (κ1) is 19.3. The first-order chi connectivity index (χ1) is 13.0. The van der Waals surface area contributed by atoms with Crippen molar-refractivity contribution in [3.05, 3.63) is 59.2 Å². The fraction of sp³-hybridized carbons (Fsp3) is 0.333. The summed E-state index contributed by atoms with van der Waals surface area (Å²) < 4.78 is 5.61. The highest BCUT2D eigenvalue weighted by Gasteiger charge is 2.22. The van der Waals surface area contributed by atoms with Crippen LogP contribution < -0.4 is 15.4 Å². The lowest BCUT2D eigenvalue weighted by Crippen LogP contribution is -2.33.